The number of hydrogen-bond donors (Lipinski definition) is 2. The molecular weight excluding hydrogens is 358 g/mol. The Labute approximate surface area is 161 Å². The summed E-state index contributed by atoms with van der Waals surface area (Å²) in [4.78, 5) is 2.52. The minimum Gasteiger partial charge on any atom is -0.454 e. The van der Waals surface area contributed by atoms with E-state index in [0.29, 0.717) is 18.8 Å². The molecule has 2 aromatic carbocycles. The molecule has 0 spiro atoms. The van der Waals surface area contributed by atoms with Gasteiger partial charge in [-0.05, 0) is 52.1 Å². The van der Waals surface area contributed by atoms with Crippen LogP contribution in [-0.4, -0.2) is 41.1 Å². The van der Waals surface area contributed by atoms with Gasteiger partial charge in [-0.2, -0.15) is 0 Å². The molecule has 2 N–H and O–H groups in total. The van der Waals surface area contributed by atoms with Gasteiger partial charge in [0.15, 0.2) is 11.5 Å². The number of ether oxygens (including phenoxy) is 2. The number of hydrogen-bond acceptors (Lipinski definition) is 8. The molecule has 3 aromatic rings. The molecular formula is C20H21N5O3. The Morgan fingerprint density at radius 3 is 2.93 bits per heavy atom. The molecule has 0 aliphatic carbocycles. The van der Waals surface area contributed by atoms with Crippen LogP contribution in [0.15, 0.2) is 41.0 Å². The first kappa shape index (κ1) is 16.3. The lowest BCUT2D eigenvalue weighted by Gasteiger charge is -2.36. The van der Waals surface area contributed by atoms with E-state index >= 15 is 0 Å². The topological polar surface area (TPSA) is 84.7 Å². The Balaban J connectivity index is 1.20. The molecule has 144 valence electrons. The maximum atomic E-state index is 5.56. The van der Waals surface area contributed by atoms with Gasteiger partial charge >= 0.3 is 0 Å². The second-order valence-electron chi connectivity index (χ2n) is 7.76. The molecule has 0 amide bonds. The highest BCUT2D eigenvalue weighted by molar-refractivity contribution is 5.73. The molecule has 0 bridgehead atoms. The van der Waals surface area contributed by atoms with Crippen LogP contribution < -0.4 is 20.3 Å². The number of aromatic nitrogens is 2. The van der Waals surface area contributed by atoms with E-state index in [1.807, 2.05) is 12.1 Å². The molecule has 0 radical (unpaired) electrons. The van der Waals surface area contributed by atoms with E-state index in [2.05, 4.69) is 50.3 Å². The van der Waals surface area contributed by atoms with Crippen molar-refractivity contribution in [2.75, 3.05) is 19.9 Å². The normalized spacial score (nSPS) is 26.6. The van der Waals surface area contributed by atoms with E-state index in [4.69, 9.17) is 14.1 Å². The summed E-state index contributed by atoms with van der Waals surface area (Å²) in [6, 6.07) is 13.1. The zero-order chi connectivity index (χ0) is 18.5. The maximum Gasteiger partial charge on any atom is 0.231 e. The van der Waals surface area contributed by atoms with E-state index in [1.165, 1.54) is 11.1 Å². The predicted octanol–water partition coefficient (Wildman–Crippen LogP) is 1.99. The first-order valence-electron chi connectivity index (χ1n) is 9.68. The summed E-state index contributed by atoms with van der Waals surface area (Å²) in [5.74, 6) is 2.16. The lowest BCUT2D eigenvalue weighted by molar-refractivity contribution is 0.148. The Morgan fingerprint density at radius 1 is 1.00 bits per heavy atom. The van der Waals surface area contributed by atoms with Crippen LogP contribution in [0.5, 0.6) is 11.5 Å². The first-order chi connectivity index (χ1) is 13.8. The van der Waals surface area contributed by atoms with Crippen molar-refractivity contribution < 1.29 is 14.1 Å². The third-order valence-corrected chi connectivity index (χ3v) is 6.07. The van der Waals surface area contributed by atoms with E-state index in [9.17, 15) is 0 Å². The van der Waals surface area contributed by atoms with Crippen LogP contribution in [0.4, 0.5) is 0 Å². The maximum absolute atomic E-state index is 5.56. The van der Waals surface area contributed by atoms with Crippen molar-refractivity contribution >= 4 is 11.0 Å². The van der Waals surface area contributed by atoms with Crippen LogP contribution in [0.25, 0.3) is 11.0 Å². The summed E-state index contributed by atoms with van der Waals surface area (Å²) < 4.78 is 15.8. The second-order valence-corrected chi connectivity index (χ2v) is 7.76. The van der Waals surface area contributed by atoms with Gasteiger partial charge in [0.05, 0.1) is 6.04 Å². The first-order valence-corrected chi connectivity index (χ1v) is 9.68. The number of fused-ring (bicyclic) bond motifs is 3. The van der Waals surface area contributed by atoms with Crippen molar-refractivity contribution in [2.24, 2.45) is 5.92 Å². The van der Waals surface area contributed by atoms with Gasteiger partial charge in [-0.3, -0.25) is 10.3 Å². The highest BCUT2D eigenvalue weighted by Gasteiger charge is 2.40. The minimum absolute atomic E-state index is 0.254. The number of rotatable bonds is 3. The molecule has 3 aliphatic heterocycles. The second kappa shape index (κ2) is 6.44. The number of nitrogens with zero attached hydrogens (tertiary/aromatic N) is 3. The monoisotopic (exact) mass is 379 g/mol. The zero-order valence-corrected chi connectivity index (χ0v) is 15.3. The van der Waals surface area contributed by atoms with Crippen molar-refractivity contribution in [1.29, 1.82) is 0 Å². The molecule has 8 nitrogen and oxygen atoms in total. The number of benzene rings is 2. The molecule has 1 aromatic heterocycles. The lowest BCUT2D eigenvalue weighted by atomic mass is 9.85. The molecule has 0 saturated carbocycles. The van der Waals surface area contributed by atoms with Gasteiger partial charge in [-0.1, -0.05) is 12.1 Å². The van der Waals surface area contributed by atoms with Crippen molar-refractivity contribution in [3.63, 3.8) is 0 Å². The van der Waals surface area contributed by atoms with Crippen LogP contribution in [-0.2, 0) is 6.54 Å². The third-order valence-electron chi connectivity index (χ3n) is 6.07. The lowest BCUT2D eigenvalue weighted by Crippen LogP contribution is -2.45. The Morgan fingerprint density at radius 2 is 1.93 bits per heavy atom. The van der Waals surface area contributed by atoms with E-state index in [0.717, 1.165) is 48.6 Å². The minimum atomic E-state index is 0.254. The third kappa shape index (κ3) is 2.72. The van der Waals surface area contributed by atoms with Crippen LogP contribution in [0.2, 0.25) is 0 Å². The Kier molecular flexibility index (Phi) is 3.75. The van der Waals surface area contributed by atoms with Gasteiger partial charge in [-0.25, -0.2) is 10.1 Å². The molecule has 6 rings (SSSR count). The van der Waals surface area contributed by atoms with Gasteiger partial charge in [0.1, 0.15) is 11.0 Å². The van der Waals surface area contributed by atoms with E-state index in [-0.39, 0.29) is 6.04 Å². The van der Waals surface area contributed by atoms with Crippen molar-refractivity contribution in [3.05, 3.63) is 47.5 Å². The SMILES string of the molecule is c1cc2nonc2cc1CN1CCC2NNC(c3ccc4c(c3)OCO4)C2C1. The van der Waals surface area contributed by atoms with Crippen molar-refractivity contribution in [1.82, 2.24) is 26.1 Å². The van der Waals surface area contributed by atoms with Crippen LogP contribution in [0.1, 0.15) is 23.6 Å². The number of nitrogens with one attached hydrogen (secondary N) is 2. The van der Waals surface area contributed by atoms with Crippen molar-refractivity contribution in [2.45, 2.75) is 25.0 Å². The largest absolute Gasteiger partial charge is 0.454 e. The summed E-state index contributed by atoms with van der Waals surface area (Å²) in [5, 5.41) is 7.84. The molecule has 3 unspecified atom stereocenters. The highest BCUT2D eigenvalue weighted by Crippen LogP contribution is 2.39. The average molecular weight is 379 g/mol. The van der Waals surface area contributed by atoms with Crippen molar-refractivity contribution in [3.8, 4) is 11.5 Å². The summed E-state index contributed by atoms with van der Waals surface area (Å²) in [6.45, 7) is 3.30. The summed E-state index contributed by atoms with van der Waals surface area (Å²) in [6.07, 6.45) is 1.12. The Bertz CT molecular complexity index is 1020. The average Bonchev–Trinajstić information content (AvgIpc) is 3.45. The number of hydrazine groups is 1. The van der Waals surface area contributed by atoms with Crippen LogP contribution >= 0.6 is 0 Å². The summed E-state index contributed by atoms with van der Waals surface area (Å²) in [7, 11) is 0. The smallest absolute Gasteiger partial charge is 0.231 e. The molecule has 28 heavy (non-hydrogen) atoms. The van der Waals surface area contributed by atoms with Gasteiger partial charge in [0.25, 0.3) is 0 Å². The fraction of sp³-hybridized carbons (Fsp3) is 0.400. The molecule has 3 atom stereocenters. The fourth-order valence-electron chi connectivity index (χ4n) is 4.64. The molecule has 8 heteroatoms. The molecule has 3 aliphatic rings. The highest BCUT2D eigenvalue weighted by atomic mass is 16.7. The molecule has 4 heterocycles. The van der Waals surface area contributed by atoms with Crippen LogP contribution in [0.3, 0.4) is 0 Å². The summed E-state index contributed by atoms with van der Waals surface area (Å²) >= 11 is 0. The van der Waals surface area contributed by atoms with E-state index < -0.39 is 0 Å². The Hall–Kier alpha value is -2.68. The van der Waals surface area contributed by atoms with Gasteiger partial charge in [-0.15, -0.1) is 0 Å². The fourth-order valence-corrected chi connectivity index (χ4v) is 4.64. The predicted molar refractivity (Wildman–Crippen MR) is 101 cm³/mol. The van der Waals surface area contributed by atoms with Gasteiger partial charge < -0.3 is 9.47 Å². The summed E-state index contributed by atoms with van der Waals surface area (Å²) in [5.41, 5.74) is 11.1. The number of piperidine rings is 1. The molecule has 2 fully saturated rings. The number of likely N-dealkylation sites (tertiary alicyclic amines) is 1. The standard InChI is InChI=1S/C20H21N5O3/c1-3-16-17(24-28-23-16)7-12(1)9-25-6-5-15-14(10-25)20(22-21-15)13-2-4-18-19(8-13)27-11-26-18/h1-4,7-8,14-15,20-22H,5-6,9-11H2. The van der Waals surface area contributed by atoms with E-state index in [1.54, 1.807) is 0 Å². The van der Waals surface area contributed by atoms with Gasteiger partial charge in [0, 0.05) is 31.6 Å². The zero-order valence-electron chi connectivity index (χ0n) is 15.3. The van der Waals surface area contributed by atoms with Crippen LogP contribution in [0, 0.1) is 5.92 Å². The molecule has 2 saturated heterocycles. The quantitative estimate of drug-likeness (QED) is 0.715. The van der Waals surface area contributed by atoms with Gasteiger partial charge in [0.2, 0.25) is 6.79 Å².